The number of hydrogen-bond donors (Lipinski definition) is 1. The number of likely N-dealkylation sites (tertiary alicyclic amines) is 1. The van der Waals surface area contributed by atoms with Gasteiger partial charge in [0.05, 0.1) is 43.4 Å². The fourth-order valence-corrected chi connectivity index (χ4v) is 6.52. The number of hydrogen-bond acceptors (Lipinski definition) is 8. The van der Waals surface area contributed by atoms with E-state index in [9.17, 15) is 0 Å². The first kappa shape index (κ1) is 24.7. The van der Waals surface area contributed by atoms with Crippen molar-refractivity contribution in [1.82, 2.24) is 39.7 Å². The van der Waals surface area contributed by atoms with Crippen LogP contribution in [0.5, 0.6) is 5.75 Å². The Kier molecular flexibility index (Phi) is 6.12. The summed E-state index contributed by atoms with van der Waals surface area (Å²) < 4.78 is 15.9. The highest BCUT2D eigenvalue weighted by Gasteiger charge is 2.35. The molecule has 0 saturated carbocycles. The second kappa shape index (κ2) is 9.67. The van der Waals surface area contributed by atoms with Gasteiger partial charge in [0, 0.05) is 42.9 Å². The van der Waals surface area contributed by atoms with Crippen LogP contribution in [0.4, 0.5) is 0 Å². The van der Waals surface area contributed by atoms with Crippen molar-refractivity contribution in [3.8, 4) is 16.9 Å². The normalized spacial score (nSPS) is 23.5. The molecule has 4 aliphatic heterocycles. The number of ether oxygens (including phenoxy) is 2. The Morgan fingerprint density at radius 2 is 2.03 bits per heavy atom. The lowest BCUT2D eigenvalue weighted by Crippen LogP contribution is -2.52. The minimum absolute atomic E-state index is 0.00543. The molecule has 2 fully saturated rings. The van der Waals surface area contributed by atoms with E-state index in [2.05, 4.69) is 70.2 Å². The molecular formula is C29H38N8O2. The van der Waals surface area contributed by atoms with Gasteiger partial charge < -0.3 is 19.7 Å². The van der Waals surface area contributed by atoms with Gasteiger partial charge in [0.15, 0.2) is 5.82 Å². The molecule has 6 heterocycles. The Hall–Kier alpha value is -3.37. The summed E-state index contributed by atoms with van der Waals surface area (Å²) in [5, 5.41) is 13.0. The van der Waals surface area contributed by atoms with Crippen molar-refractivity contribution >= 4 is 5.70 Å². The predicted molar refractivity (Wildman–Crippen MR) is 148 cm³/mol. The van der Waals surface area contributed by atoms with Gasteiger partial charge in [-0.3, -0.25) is 9.58 Å². The summed E-state index contributed by atoms with van der Waals surface area (Å²) in [6.07, 6.45) is 6.59. The highest BCUT2D eigenvalue weighted by molar-refractivity contribution is 5.70. The van der Waals surface area contributed by atoms with Gasteiger partial charge in [0.25, 0.3) is 0 Å². The quantitative estimate of drug-likeness (QED) is 0.537. The molecule has 0 bridgehead atoms. The van der Waals surface area contributed by atoms with Crippen LogP contribution < -0.4 is 10.1 Å². The lowest BCUT2D eigenvalue weighted by Gasteiger charge is -2.42. The number of nitrogens with one attached hydrogen (secondary N) is 1. The Balaban J connectivity index is 1.17. The second-order valence-corrected chi connectivity index (χ2v) is 11.5. The fraction of sp³-hybridized carbons (Fsp3) is 0.552. The molecule has 0 amide bonds. The Labute approximate surface area is 229 Å². The molecule has 10 heteroatoms. The third-order valence-corrected chi connectivity index (χ3v) is 8.57. The number of benzene rings is 1. The van der Waals surface area contributed by atoms with Gasteiger partial charge in [-0.2, -0.15) is 10.2 Å². The molecule has 4 aliphatic rings. The van der Waals surface area contributed by atoms with E-state index in [0.29, 0.717) is 18.6 Å². The summed E-state index contributed by atoms with van der Waals surface area (Å²) >= 11 is 0. The first-order chi connectivity index (χ1) is 19.0. The van der Waals surface area contributed by atoms with E-state index in [-0.39, 0.29) is 12.2 Å². The Bertz CT molecular complexity index is 1400. The van der Waals surface area contributed by atoms with E-state index in [4.69, 9.17) is 19.6 Å². The molecule has 10 nitrogen and oxygen atoms in total. The molecule has 1 aromatic carbocycles. The second-order valence-electron chi connectivity index (χ2n) is 11.5. The maximum Gasteiger partial charge on any atom is 0.176 e. The lowest BCUT2D eigenvalue weighted by atomic mass is 9.89. The SMILES string of the molecule is Cc1nc(C2=CN3CCOc4cc(-c5cnn(C)c5C5CCCN(C6COC6)C5)ccc4C3N2)n(C(C)C)n1. The average molecular weight is 531 g/mol. The standard InChI is InChI=1S/C29H38N8O2/c1-18(2)37-29(31-19(3)33-37)25-15-36-10-11-39-26-12-20(7-8-23(26)28(36)32-25)24-13-30-34(4)27(24)21-6-5-9-35(14-21)22-16-38-17-22/h7-8,12-13,15,18,21-22,28,32H,5-6,9-11,14,16-17H2,1-4H3. The molecule has 7 rings (SSSR count). The van der Waals surface area contributed by atoms with Gasteiger partial charge in [0.2, 0.25) is 0 Å². The summed E-state index contributed by atoms with van der Waals surface area (Å²) in [5.41, 5.74) is 5.83. The van der Waals surface area contributed by atoms with Crippen LogP contribution >= 0.6 is 0 Å². The monoisotopic (exact) mass is 530 g/mol. The summed E-state index contributed by atoms with van der Waals surface area (Å²) in [6.45, 7) is 11.6. The van der Waals surface area contributed by atoms with Crippen LogP contribution in [0, 0.1) is 6.92 Å². The van der Waals surface area contributed by atoms with Crippen molar-refractivity contribution in [2.45, 2.75) is 57.8 Å². The van der Waals surface area contributed by atoms with E-state index < -0.39 is 0 Å². The summed E-state index contributed by atoms with van der Waals surface area (Å²) in [5.74, 6) is 3.05. The van der Waals surface area contributed by atoms with E-state index in [0.717, 1.165) is 60.5 Å². The number of aromatic nitrogens is 5. The molecule has 3 aromatic rings. The minimum Gasteiger partial charge on any atom is -0.491 e. The van der Waals surface area contributed by atoms with Crippen LogP contribution in [0.1, 0.15) is 67.7 Å². The maximum atomic E-state index is 6.32. The Morgan fingerprint density at radius 3 is 2.82 bits per heavy atom. The van der Waals surface area contributed by atoms with Crippen molar-refractivity contribution in [3.63, 3.8) is 0 Å². The molecule has 2 unspecified atom stereocenters. The van der Waals surface area contributed by atoms with Gasteiger partial charge in [-0.05, 0) is 51.8 Å². The molecule has 0 radical (unpaired) electrons. The molecule has 2 atom stereocenters. The molecule has 206 valence electrons. The molecule has 1 N–H and O–H groups in total. The van der Waals surface area contributed by atoms with Crippen molar-refractivity contribution in [2.24, 2.45) is 7.05 Å². The van der Waals surface area contributed by atoms with E-state index >= 15 is 0 Å². The molecular weight excluding hydrogens is 492 g/mol. The van der Waals surface area contributed by atoms with Crippen molar-refractivity contribution in [3.05, 3.63) is 53.5 Å². The third kappa shape index (κ3) is 4.30. The zero-order valence-electron chi connectivity index (χ0n) is 23.3. The minimum atomic E-state index is -0.00543. The number of aryl methyl sites for hydroxylation is 2. The van der Waals surface area contributed by atoms with Gasteiger partial charge in [-0.15, -0.1) is 0 Å². The molecule has 0 aliphatic carbocycles. The van der Waals surface area contributed by atoms with Crippen LogP contribution in [0.15, 0.2) is 30.6 Å². The van der Waals surface area contributed by atoms with E-state index in [1.54, 1.807) is 0 Å². The number of fused-ring (bicyclic) bond motifs is 3. The average Bonchev–Trinajstić information content (AvgIpc) is 3.57. The van der Waals surface area contributed by atoms with Crippen LogP contribution in [0.2, 0.25) is 0 Å². The van der Waals surface area contributed by atoms with Gasteiger partial charge in [-0.1, -0.05) is 12.1 Å². The molecule has 2 aromatic heterocycles. The van der Waals surface area contributed by atoms with E-state index in [1.165, 1.54) is 30.6 Å². The molecule has 2 saturated heterocycles. The van der Waals surface area contributed by atoms with Gasteiger partial charge in [0.1, 0.15) is 24.3 Å². The summed E-state index contributed by atoms with van der Waals surface area (Å²) in [6, 6.07) is 7.46. The maximum absolute atomic E-state index is 6.32. The number of piperidine rings is 1. The fourth-order valence-electron chi connectivity index (χ4n) is 6.52. The highest BCUT2D eigenvalue weighted by Crippen LogP contribution is 2.41. The van der Waals surface area contributed by atoms with Crippen molar-refractivity contribution < 1.29 is 9.47 Å². The largest absolute Gasteiger partial charge is 0.491 e. The van der Waals surface area contributed by atoms with Gasteiger partial charge in [-0.25, -0.2) is 9.67 Å². The van der Waals surface area contributed by atoms with Gasteiger partial charge >= 0.3 is 0 Å². The zero-order valence-corrected chi connectivity index (χ0v) is 23.3. The van der Waals surface area contributed by atoms with Crippen LogP contribution in [0.25, 0.3) is 16.8 Å². The van der Waals surface area contributed by atoms with Crippen LogP contribution in [0.3, 0.4) is 0 Å². The number of nitrogens with zero attached hydrogens (tertiary/aromatic N) is 7. The first-order valence-corrected chi connectivity index (χ1v) is 14.2. The summed E-state index contributed by atoms with van der Waals surface area (Å²) in [4.78, 5) is 9.65. The third-order valence-electron chi connectivity index (χ3n) is 8.57. The zero-order chi connectivity index (χ0) is 26.7. The highest BCUT2D eigenvalue weighted by atomic mass is 16.5. The molecule has 39 heavy (non-hydrogen) atoms. The topological polar surface area (TPSA) is 85.5 Å². The smallest absolute Gasteiger partial charge is 0.176 e. The van der Waals surface area contributed by atoms with Crippen molar-refractivity contribution in [1.29, 1.82) is 0 Å². The Morgan fingerprint density at radius 1 is 1.15 bits per heavy atom. The first-order valence-electron chi connectivity index (χ1n) is 14.2. The van der Waals surface area contributed by atoms with Crippen molar-refractivity contribution in [2.75, 3.05) is 39.5 Å². The predicted octanol–water partition coefficient (Wildman–Crippen LogP) is 3.44. The summed E-state index contributed by atoms with van der Waals surface area (Å²) in [7, 11) is 2.08. The lowest BCUT2D eigenvalue weighted by molar-refractivity contribution is -0.0724. The molecule has 0 spiro atoms. The van der Waals surface area contributed by atoms with Crippen LogP contribution in [-0.2, 0) is 11.8 Å². The van der Waals surface area contributed by atoms with E-state index in [1.807, 2.05) is 17.8 Å². The van der Waals surface area contributed by atoms with Crippen LogP contribution in [-0.4, -0.2) is 79.8 Å². The number of rotatable bonds is 5.